The molecule has 1 saturated heterocycles. The van der Waals surface area contributed by atoms with Crippen LogP contribution >= 0.6 is 0 Å². The molecule has 1 aromatic heterocycles. The summed E-state index contributed by atoms with van der Waals surface area (Å²) in [6.45, 7) is 4.08. The van der Waals surface area contributed by atoms with E-state index in [4.69, 9.17) is 9.63 Å². The normalized spacial score (nSPS) is 21.0. The lowest BCUT2D eigenvalue weighted by Crippen LogP contribution is -2.37. The van der Waals surface area contributed by atoms with E-state index >= 15 is 0 Å². The number of likely N-dealkylation sites (tertiary alicyclic amines) is 1. The van der Waals surface area contributed by atoms with Gasteiger partial charge in [-0.05, 0) is 31.7 Å². The Labute approximate surface area is 154 Å². The van der Waals surface area contributed by atoms with Crippen molar-refractivity contribution in [3.63, 3.8) is 0 Å². The Bertz CT molecular complexity index is 712. The van der Waals surface area contributed by atoms with Crippen LogP contribution in [-0.4, -0.2) is 47.3 Å². The fourth-order valence-corrected chi connectivity index (χ4v) is 3.42. The highest BCUT2D eigenvalue weighted by Gasteiger charge is 2.31. The largest absolute Gasteiger partial charge is 0.400 e. The second kappa shape index (κ2) is 8.47. The van der Waals surface area contributed by atoms with Crippen molar-refractivity contribution in [3.05, 3.63) is 53.4 Å². The van der Waals surface area contributed by atoms with Crippen LogP contribution in [0.3, 0.4) is 0 Å². The predicted octanol–water partition coefficient (Wildman–Crippen LogP) is 2.73. The van der Waals surface area contributed by atoms with E-state index in [2.05, 4.69) is 46.6 Å². The van der Waals surface area contributed by atoms with Gasteiger partial charge in [-0.2, -0.15) is 0 Å². The Morgan fingerprint density at radius 3 is 2.69 bits per heavy atom. The van der Waals surface area contributed by atoms with Gasteiger partial charge in [0.15, 0.2) is 5.69 Å². The van der Waals surface area contributed by atoms with E-state index in [-0.39, 0.29) is 11.9 Å². The van der Waals surface area contributed by atoms with E-state index < -0.39 is 0 Å². The molecule has 1 amide bonds. The molecule has 2 N–H and O–H groups in total. The van der Waals surface area contributed by atoms with Gasteiger partial charge < -0.3 is 14.9 Å². The maximum Gasteiger partial charge on any atom is 0.273 e. The first-order valence-corrected chi connectivity index (χ1v) is 9.22. The summed E-state index contributed by atoms with van der Waals surface area (Å²) in [5.41, 5.74) is 1.72. The molecule has 4 rings (SSSR count). The zero-order chi connectivity index (χ0) is 18.5. The first-order chi connectivity index (χ1) is 12.7. The third kappa shape index (κ3) is 4.31. The monoisotopic (exact) mass is 357 g/mol. The van der Waals surface area contributed by atoms with Crippen LogP contribution in [0.25, 0.3) is 0 Å². The molecule has 2 atom stereocenters. The van der Waals surface area contributed by atoms with Gasteiger partial charge in [0.1, 0.15) is 5.76 Å². The molecule has 1 aliphatic heterocycles. The highest BCUT2D eigenvalue weighted by Crippen LogP contribution is 2.40. The maximum atomic E-state index is 12.4. The van der Waals surface area contributed by atoms with Crippen molar-refractivity contribution in [1.82, 2.24) is 15.4 Å². The first-order valence-electron chi connectivity index (χ1n) is 9.22. The Morgan fingerprint density at radius 2 is 2.00 bits per heavy atom. The maximum absolute atomic E-state index is 12.4. The van der Waals surface area contributed by atoms with E-state index in [1.54, 1.807) is 6.07 Å². The number of benzene rings is 1. The molecule has 1 aliphatic carbocycles. The quantitative estimate of drug-likeness (QED) is 0.860. The number of aromatic nitrogens is 1. The third-order valence-corrected chi connectivity index (χ3v) is 5.13. The number of aliphatic hydroxyl groups excluding tert-OH is 1. The lowest BCUT2D eigenvalue weighted by atomic mass is 10.1. The van der Waals surface area contributed by atoms with Crippen LogP contribution < -0.4 is 5.32 Å². The molecule has 2 unspecified atom stereocenters. The highest BCUT2D eigenvalue weighted by atomic mass is 16.5. The average molecular weight is 357 g/mol. The Balaban J connectivity index is 0.000000948. The van der Waals surface area contributed by atoms with Gasteiger partial charge in [0.05, 0.1) is 0 Å². The van der Waals surface area contributed by atoms with Gasteiger partial charge in [-0.25, -0.2) is 0 Å². The van der Waals surface area contributed by atoms with E-state index in [0.29, 0.717) is 17.7 Å². The van der Waals surface area contributed by atoms with Crippen molar-refractivity contribution < 1.29 is 14.4 Å². The number of nitrogens with one attached hydrogen (secondary N) is 1. The van der Waals surface area contributed by atoms with Crippen molar-refractivity contribution in [1.29, 1.82) is 0 Å². The fourth-order valence-electron chi connectivity index (χ4n) is 3.42. The van der Waals surface area contributed by atoms with Crippen molar-refractivity contribution in [2.75, 3.05) is 20.2 Å². The van der Waals surface area contributed by atoms with Crippen LogP contribution in [0.15, 0.2) is 40.9 Å². The average Bonchev–Trinajstić information content (AvgIpc) is 3.23. The molecule has 1 aromatic carbocycles. The summed E-state index contributed by atoms with van der Waals surface area (Å²) >= 11 is 0. The minimum atomic E-state index is -0.120. The summed E-state index contributed by atoms with van der Waals surface area (Å²) in [6, 6.07) is 12.8. The van der Waals surface area contributed by atoms with E-state index in [9.17, 15) is 4.79 Å². The zero-order valence-electron chi connectivity index (χ0n) is 15.4. The topological polar surface area (TPSA) is 78.6 Å². The molecular formula is C20H27N3O3. The Morgan fingerprint density at radius 1 is 1.27 bits per heavy atom. The zero-order valence-corrected chi connectivity index (χ0v) is 15.4. The molecule has 2 heterocycles. The number of carbonyl (C=O) groups is 1. The van der Waals surface area contributed by atoms with Crippen LogP contribution in [0.2, 0.25) is 0 Å². The molecule has 26 heavy (non-hydrogen) atoms. The summed E-state index contributed by atoms with van der Waals surface area (Å²) in [5.74, 6) is 1.21. The van der Waals surface area contributed by atoms with Crippen LogP contribution in [0, 0.1) is 0 Å². The summed E-state index contributed by atoms with van der Waals surface area (Å²) in [6.07, 6.45) is 3.26. The second-order valence-electron chi connectivity index (χ2n) is 6.93. The molecule has 0 spiro atoms. The standard InChI is InChI=1S/C19H23N3O2.CH4O/c1-13(14-5-3-2-4-6-14)22-10-9-16(12-22)20-19(23)17-11-18(24-21-17)15-7-8-15;1-2/h2-6,11,13,15-16H,7-10,12H2,1H3,(H,20,23);2H,1H3. The second-order valence-corrected chi connectivity index (χ2v) is 6.93. The lowest BCUT2D eigenvalue weighted by molar-refractivity contribution is 0.0927. The lowest BCUT2D eigenvalue weighted by Gasteiger charge is -2.24. The summed E-state index contributed by atoms with van der Waals surface area (Å²) < 4.78 is 5.27. The SMILES string of the molecule is CC(c1ccccc1)N1CCC(NC(=O)c2cc(C3CC3)on2)C1.CO. The molecule has 2 fully saturated rings. The smallest absolute Gasteiger partial charge is 0.273 e. The van der Waals surface area contributed by atoms with E-state index in [0.717, 1.165) is 45.2 Å². The predicted molar refractivity (Wildman–Crippen MR) is 98.9 cm³/mol. The number of rotatable bonds is 5. The van der Waals surface area contributed by atoms with Gasteiger partial charge in [0, 0.05) is 44.3 Å². The van der Waals surface area contributed by atoms with Crippen molar-refractivity contribution in [3.8, 4) is 0 Å². The number of hydrogen-bond acceptors (Lipinski definition) is 5. The Hall–Kier alpha value is -2.18. The van der Waals surface area contributed by atoms with Crippen molar-refractivity contribution in [2.24, 2.45) is 0 Å². The summed E-state index contributed by atoms with van der Waals surface area (Å²) in [4.78, 5) is 14.8. The number of aliphatic hydroxyl groups is 1. The third-order valence-electron chi connectivity index (χ3n) is 5.13. The highest BCUT2D eigenvalue weighted by molar-refractivity contribution is 5.92. The van der Waals surface area contributed by atoms with Gasteiger partial charge in [-0.15, -0.1) is 0 Å². The van der Waals surface area contributed by atoms with Gasteiger partial charge in [-0.1, -0.05) is 35.5 Å². The van der Waals surface area contributed by atoms with Crippen LogP contribution in [-0.2, 0) is 0 Å². The van der Waals surface area contributed by atoms with E-state index in [1.807, 2.05) is 6.07 Å². The molecule has 2 aromatic rings. The van der Waals surface area contributed by atoms with Crippen molar-refractivity contribution >= 4 is 5.91 Å². The molecule has 140 valence electrons. The van der Waals surface area contributed by atoms with Crippen LogP contribution in [0.4, 0.5) is 0 Å². The summed E-state index contributed by atoms with van der Waals surface area (Å²) in [5, 5.41) is 14.0. The number of carbonyl (C=O) groups excluding carboxylic acids is 1. The van der Waals surface area contributed by atoms with Crippen LogP contribution in [0.5, 0.6) is 0 Å². The summed E-state index contributed by atoms with van der Waals surface area (Å²) in [7, 11) is 1.00. The van der Waals surface area contributed by atoms with Gasteiger partial charge in [0.25, 0.3) is 5.91 Å². The number of nitrogens with zero attached hydrogens (tertiary/aromatic N) is 2. The number of amides is 1. The van der Waals surface area contributed by atoms with Crippen molar-refractivity contribution in [2.45, 2.75) is 44.2 Å². The first kappa shape index (κ1) is 18.6. The Kier molecular flexibility index (Phi) is 6.06. The molecule has 6 nitrogen and oxygen atoms in total. The molecule has 6 heteroatoms. The molecule has 1 saturated carbocycles. The minimum absolute atomic E-state index is 0.120. The fraction of sp³-hybridized carbons (Fsp3) is 0.500. The minimum Gasteiger partial charge on any atom is -0.400 e. The molecule has 2 aliphatic rings. The van der Waals surface area contributed by atoms with Gasteiger partial charge >= 0.3 is 0 Å². The molecule has 0 radical (unpaired) electrons. The molecule has 0 bridgehead atoms. The van der Waals surface area contributed by atoms with Gasteiger partial charge in [0.2, 0.25) is 0 Å². The van der Waals surface area contributed by atoms with Crippen LogP contribution in [0.1, 0.15) is 60.0 Å². The molecular weight excluding hydrogens is 330 g/mol. The van der Waals surface area contributed by atoms with Gasteiger partial charge in [-0.3, -0.25) is 9.69 Å². The number of hydrogen-bond donors (Lipinski definition) is 2. The van der Waals surface area contributed by atoms with E-state index in [1.165, 1.54) is 5.56 Å².